The highest BCUT2D eigenvalue weighted by molar-refractivity contribution is 5.17. The first-order valence-electron chi connectivity index (χ1n) is 4.16. The first-order chi connectivity index (χ1) is 5.97. The fourth-order valence-electron chi connectivity index (χ4n) is 0.986. The predicted molar refractivity (Wildman–Crippen MR) is 45.3 cm³/mol. The number of aromatic nitrogens is 2. The van der Waals surface area contributed by atoms with E-state index in [2.05, 4.69) is 9.97 Å². The molecule has 0 unspecified atom stereocenters. The molecule has 0 atom stereocenters. The third-order valence-corrected chi connectivity index (χ3v) is 2.33. The molecule has 2 nitrogen and oxygen atoms in total. The second kappa shape index (κ2) is 3.36. The van der Waals surface area contributed by atoms with Crippen molar-refractivity contribution in [2.75, 3.05) is 0 Å². The van der Waals surface area contributed by atoms with Crippen LogP contribution < -0.4 is 0 Å². The molecule has 0 amide bonds. The van der Waals surface area contributed by atoms with E-state index in [4.69, 9.17) is 0 Å². The Morgan fingerprint density at radius 3 is 2.46 bits per heavy atom. The minimum absolute atomic E-state index is 0.349. The normalized spacial score (nSPS) is 11.8. The molecule has 1 rings (SSSR count). The monoisotopic (exact) mass is 186 g/mol. The Labute approximate surface area is 76.0 Å². The van der Waals surface area contributed by atoms with Gasteiger partial charge >= 0.3 is 6.08 Å². The average molecular weight is 186 g/mol. The molecule has 0 radical (unpaired) electrons. The van der Waals surface area contributed by atoms with Crippen molar-refractivity contribution < 1.29 is 8.78 Å². The molecule has 0 saturated heterocycles. The Kier molecular flexibility index (Phi) is 2.59. The lowest BCUT2D eigenvalue weighted by Crippen LogP contribution is -2.19. The molecule has 0 spiro atoms. The van der Waals surface area contributed by atoms with E-state index in [0.717, 1.165) is 6.42 Å². The molecule has 0 aliphatic heterocycles. The van der Waals surface area contributed by atoms with Crippen LogP contribution in [0, 0.1) is 12.0 Å². The Bertz CT molecular complexity index is 310. The fraction of sp³-hybridized carbons (Fsp3) is 0.556. The van der Waals surface area contributed by atoms with E-state index >= 15 is 0 Å². The molecule has 1 aromatic rings. The molecule has 1 heterocycles. The van der Waals surface area contributed by atoms with Crippen LogP contribution in [0.1, 0.15) is 32.8 Å². The van der Waals surface area contributed by atoms with Crippen molar-refractivity contribution in [1.82, 2.24) is 9.97 Å². The van der Waals surface area contributed by atoms with Gasteiger partial charge in [0.2, 0.25) is 5.95 Å². The topological polar surface area (TPSA) is 25.8 Å². The van der Waals surface area contributed by atoms with Crippen LogP contribution in [0.3, 0.4) is 0 Å². The van der Waals surface area contributed by atoms with E-state index < -0.39 is 12.0 Å². The molecule has 0 aliphatic carbocycles. The second-order valence-electron chi connectivity index (χ2n) is 3.58. The maximum atomic E-state index is 13.1. The van der Waals surface area contributed by atoms with Gasteiger partial charge in [-0.2, -0.15) is 13.8 Å². The number of halogens is 2. The van der Waals surface area contributed by atoms with Gasteiger partial charge in [-0.3, -0.25) is 0 Å². The largest absolute Gasteiger partial charge is 0.311 e. The summed E-state index contributed by atoms with van der Waals surface area (Å²) in [5.74, 6) is -0.764. The summed E-state index contributed by atoms with van der Waals surface area (Å²) in [5, 5.41) is 0. The van der Waals surface area contributed by atoms with E-state index in [9.17, 15) is 8.78 Å². The quantitative estimate of drug-likeness (QED) is 0.523. The highest BCUT2D eigenvalue weighted by Crippen LogP contribution is 2.27. The fourth-order valence-corrected chi connectivity index (χ4v) is 0.986. The van der Waals surface area contributed by atoms with Crippen LogP contribution in [0.2, 0.25) is 0 Å². The van der Waals surface area contributed by atoms with Gasteiger partial charge in [0, 0.05) is 11.8 Å². The van der Waals surface area contributed by atoms with Crippen molar-refractivity contribution in [3.05, 3.63) is 23.8 Å². The van der Waals surface area contributed by atoms with Gasteiger partial charge in [0.05, 0.1) is 0 Å². The molecular weight excluding hydrogens is 174 g/mol. The van der Waals surface area contributed by atoms with Gasteiger partial charge in [-0.25, -0.2) is 4.98 Å². The third-order valence-electron chi connectivity index (χ3n) is 2.33. The lowest BCUT2D eigenvalue weighted by atomic mass is 9.84. The minimum atomic E-state index is -1.02. The van der Waals surface area contributed by atoms with Crippen LogP contribution in [0.15, 0.2) is 6.20 Å². The van der Waals surface area contributed by atoms with E-state index in [-0.39, 0.29) is 5.41 Å². The number of hydrogen-bond acceptors (Lipinski definition) is 2. The zero-order chi connectivity index (χ0) is 10.1. The van der Waals surface area contributed by atoms with Crippen molar-refractivity contribution in [3.8, 4) is 0 Å². The number of hydrogen-bond donors (Lipinski definition) is 0. The first kappa shape index (κ1) is 10.0. The van der Waals surface area contributed by atoms with Crippen molar-refractivity contribution in [3.63, 3.8) is 0 Å². The zero-order valence-corrected chi connectivity index (χ0v) is 7.93. The van der Waals surface area contributed by atoms with E-state index in [1.165, 1.54) is 6.20 Å². The Morgan fingerprint density at radius 2 is 2.00 bits per heavy atom. The van der Waals surface area contributed by atoms with Gasteiger partial charge in [-0.05, 0) is 11.8 Å². The predicted octanol–water partition coefficient (Wildman–Crippen LogP) is 2.44. The number of nitrogens with zero attached hydrogens (tertiary/aromatic N) is 2. The molecule has 0 N–H and O–H groups in total. The van der Waals surface area contributed by atoms with Crippen LogP contribution in [0.4, 0.5) is 8.78 Å². The van der Waals surface area contributed by atoms with Crippen LogP contribution in [-0.4, -0.2) is 9.97 Å². The lowest BCUT2D eigenvalue weighted by molar-refractivity contribution is 0.423. The van der Waals surface area contributed by atoms with Crippen LogP contribution in [-0.2, 0) is 5.41 Å². The van der Waals surface area contributed by atoms with E-state index in [0.29, 0.717) is 5.56 Å². The zero-order valence-electron chi connectivity index (χ0n) is 7.93. The molecule has 0 saturated carbocycles. The van der Waals surface area contributed by atoms with Crippen molar-refractivity contribution >= 4 is 0 Å². The molecule has 0 bridgehead atoms. The summed E-state index contributed by atoms with van der Waals surface area (Å²) in [6.45, 7) is 5.67. The maximum Gasteiger partial charge on any atom is 0.311 e. The lowest BCUT2D eigenvalue weighted by Gasteiger charge is -2.22. The van der Waals surface area contributed by atoms with Crippen LogP contribution >= 0.6 is 0 Å². The minimum Gasteiger partial charge on any atom is -0.210 e. The Hall–Kier alpha value is -1.06. The highest BCUT2D eigenvalue weighted by Gasteiger charge is 2.23. The summed E-state index contributed by atoms with van der Waals surface area (Å²) in [7, 11) is 0. The van der Waals surface area contributed by atoms with Gasteiger partial charge in [0.15, 0.2) is 0 Å². The summed E-state index contributed by atoms with van der Waals surface area (Å²) >= 11 is 0. The molecule has 0 aromatic carbocycles. The van der Waals surface area contributed by atoms with Crippen molar-refractivity contribution in [2.45, 2.75) is 32.6 Å². The van der Waals surface area contributed by atoms with Crippen LogP contribution in [0.25, 0.3) is 0 Å². The molecule has 72 valence electrons. The summed E-state index contributed by atoms with van der Waals surface area (Å²) < 4.78 is 25.5. The van der Waals surface area contributed by atoms with Crippen LogP contribution in [0.5, 0.6) is 0 Å². The molecule has 13 heavy (non-hydrogen) atoms. The molecule has 0 aliphatic rings. The smallest absolute Gasteiger partial charge is 0.210 e. The van der Waals surface area contributed by atoms with Crippen molar-refractivity contribution in [2.24, 2.45) is 0 Å². The Morgan fingerprint density at radius 1 is 1.38 bits per heavy atom. The van der Waals surface area contributed by atoms with E-state index in [1.807, 2.05) is 20.8 Å². The van der Waals surface area contributed by atoms with Gasteiger partial charge in [0.25, 0.3) is 0 Å². The molecule has 1 aromatic heterocycles. The average Bonchev–Trinajstić information content (AvgIpc) is 2.03. The van der Waals surface area contributed by atoms with Gasteiger partial charge in [-0.15, -0.1) is 0 Å². The van der Waals surface area contributed by atoms with Crippen molar-refractivity contribution in [1.29, 1.82) is 0 Å². The second-order valence-corrected chi connectivity index (χ2v) is 3.58. The summed E-state index contributed by atoms with van der Waals surface area (Å²) in [4.78, 5) is 6.38. The summed E-state index contributed by atoms with van der Waals surface area (Å²) in [6.07, 6.45) is 0.938. The van der Waals surface area contributed by atoms with Gasteiger partial charge < -0.3 is 0 Å². The third kappa shape index (κ3) is 1.99. The molecule has 0 fully saturated rings. The SMILES string of the molecule is CCC(C)(C)c1cnc(F)nc1F. The van der Waals surface area contributed by atoms with Gasteiger partial charge in [0.1, 0.15) is 0 Å². The maximum absolute atomic E-state index is 13.1. The van der Waals surface area contributed by atoms with E-state index in [1.54, 1.807) is 0 Å². The molecule has 4 heteroatoms. The standard InChI is InChI=1S/C9H12F2N2/c1-4-9(2,3)6-5-12-8(11)13-7(6)10/h5H,4H2,1-3H3. The van der Waals surface area contributed by atoms with Gasteiger partial charge in [-0.1, -0.05) is 20.8 Å². The first-order valence-corrected chi connectivity index (χ1v) is 4.16. The molecular formula is C9H12F2N2. The number of rotatable bonds is 2. The summed E-state index contributed by atoms with van der Waals surface area (Å²) in [6, 6.07) is 0. The summed E-state index contributed by atoms with van der Waals surface area (Å²) in [5.41, 5.74) is 0.00836. The highest BCUT2D eigenvalue weighted by atomic mass is 19.1. The Balaban J connectivity index is 3.16.